The largest absolute Gasteiger partial charge is 0.299 e. The van der Waals surface area contributed by atoms with Gasteiger partial charge >= 0.3 is 0 Å². The monoisotopic (exact) mass is 298 g/mol. The summed E-state index contributed by atoms with van der Waals surface area (Å²) in [5.41, 5.74) is 3.56. The van der Waals surface area contributed by atoms with Gasteiger partial charge in [0.1, 0.15) is 0 Å². The van der Waals surface area contributed by atoms with E-state index in [1.165, 1.54) is 5.56 Å². The van der Waals surface area contributed by atoms with Gasteiger partial charge in [0, 0.05) is 24.5 Å². The third-order valence-corrected chi connectivity index (χ3v) is 3.65. The third kappa shape index (κ3) is 3.53. The summed E-state index contributed by atoms with van der Waals surface area (Å²) in [6.07, 6.45) is 0. The van der Waals surface area contributed by atoms with Crippen molar-refractivity contribution in [3.05, 3.63) is 83.9 Å². The fourth-order valence-corrected chi connectivity index (χ4v) is 2.60. The molecular formula is C18H19ClN2. The Morgan fingerprint density at radius 3 is 2.29 bits per heavy atom. The summed E-state index contributed by atoms with van der Waals surface area (Å²) in [5.74, 6) is 0.326. The molecule has 108 valence electrons. The first kappa shape index (κ1) is 15.3. The van der Waals surface area contributed by atoms with Gasteiger partial charge in [0.05, 0.1) is 5.71 Å². The molecule has 1 heterocycles. The number of halogens is 1. The molecule has 1 aliphatic rings. The molecule has 0 saturated heterocycles. The Morgan fingerprint density at radius 1 is 1.05 bits per heavy atom. The van der Waals surface area contributed by atoms with E-state index in [-0.39, 0.29) is 0 Å². The van der Waals surface area contributed by atoms with E-state index < -0.39 is 0 Å². The van der Waals surface area contributed by atoms with Crippen molar-refractivity contribution in [2.75, 3.05) is 13.6 Å². The van der Waals surface area contributed by atoms with Gasteiger partial charge in [-0.3, -0.25) is 5.01 Å². The van der Waals surface area contributed by atoms with Crippen molar-refractivity contribution in [1.82, 2.24) is 5.01 Å². The lowest BCUT2D eigenvalue weighted by atomic mass is 9.91. The van der Waals surface area contributed by atoms with E-state index in [2.05, 4.69) is 42.5 Å². The molecule has 0 N–H and O–H groups in total. The zero-order valence-electron chi connectivity index (χ0n) is 12.2. The van der Waals surface area contributed by atoms with Crippen molar-refractivity contribution in [2.45, 2.75) is 5.92 Å². The molecular weight excluding hydrogens is 280 g/mol. The number of nitrogens with zero attached hydrogens (tertiary/aromatic N) is 2. The Labute approximate surface area is 131 Å². The molecule has 21 heavy (non-hydrogen) atoms. The number of likely N-dealkylation sites (N-methyl/N-ethyl adjacent to an activating group) is 1. The van der Waals surface area contributed by atoms with Crippen LogP contribution in [-0.4, -0.2) is 24.3 Å². The maximum atomic E-state index is 5.95. The molecule has 0 spiro atoms. The smallest absolute Gasteiger partial charge is 0.0770 e. The maximum absolute atomic E-state index is 5.95. The van der Waals surface area contributed by atoms with Gasteiger partial charge in [-0.2, -0.15) is 5.10 Å². The molecule has 2 nitrogen and oxygen atoms in total. The summed E-state index contributed by atoms with van der Waals surface area (Å²) in [6.45, 7) is 6.92. The van der Waals surface area contributed by atoms with Crippen LogP contribution in [0.1, 0.15) is 17.0 Å². The van der Waals surface area contributed by atoms with E-state index >= 15 is 0 Å². The topological polar surface area (TPSA) is 15.6 Å². The minimum atomic E-state index is 0.326. The van der Waals surface area contributed by atoms with Crippen LogP contribution in [0.3, 0.4) is 0 Å². The Morgan fingerprint density at radius 2 is 1.67 bits per heavy atom. The van der Waals surface area contributed by atoms with Crippen LogP contribution >= 0.6 is 11.6 Å². The summed E-state index contributed by atoms with van der Waals surface area (Å²) in [6, 6.07) is 18.4. The predicted octanol–water partition coefficient (Wildman–Crippen LogP) is 4.58. The SMILES string of the molecule is C=C.CN1CC(c2ccccc2)C(c2ccc(Cl)cc2)=N1. The predicted molar refractivity (Wildman–Crippen MR) is 91.1 cm³/mol. The lowest BCUT2D eigenvalue weighted by Crippen LogP contribution is -2.15. The Kier molecular flexibility index (Phi) is 5.18. The summed E-state index contributed by atoms with van der Waals surface area (Å²) in [5, 5.41) is 7.41. The minimum Gasteiger partial charge on any atom is -0.299 e. The van der Waals surface area contributed by atoms with Crippen LogP contribution in [0.5, 0.6) is 0 Å². The average Bonchev–Trinajstić information content (AvgIpc) is 2.93. The molecule has 1 unspecified atom stereocenters. The number of hydrogen-bond donors (Lipinski definition) is 0. The molecule has 0 bridgehead atoms. The van der Waals surface area contributed by atoms with Crippen LogP contribution in [0.15, 0.2) is 72.9 Å². The summed E-state index contributed by atoms with van der Waals surface area (Å²) >= 11 is 5.95. The van der Waals surface area contributed by atoms with E-state index in [0.29, 0.717) is 5.92 Å². The first-order chi connectivity index (χ1) is 10.2. The third-order valence-electron chi connectivity index (χ3n) is 3.40. The van der Waals surface area contributed by atoms with Gasteiger partial charge in [0.2, 0.25) is 0 Å². The van der Waals surface area contributed by atoms with Crippen molar-refractivity contribution in [1.29, 1.82) is 0 Å². The van der Waals surface area contributed by atoms with Gasteiger partial charge < -0.3 is 0 Å². The van der Waals surface area contributed by atoms with Crippen molar-refractivity contribution < 1.29 is 0 Å². The number of hydrazone groups is 1. The zero-order chi connectivity index (χ0) is 15.2. The summed E-state index contributed by atoms with van der Waals surface area (Å²) in [7, 11) is 2.01. The fraction of sp³-hybridized carbons (Fsp3) is 0.167. The highest BCUT2D eigenvalue weighted by molar-refractivity contribution is 6.30. The quantitative estimate of drug-likeness (QED) is 0.741. The molecule has 2 aromatic rings. The van der Waals surface area contributed by atoms with Crippen LogP contribution in [-0.2, 0) is 0 Å². The summed E-state index contributed by atoms with van der Waals surface area (Å²) < 4.78 is 0. The average molecular weight is 299 g/mol. The van der Waals surface area contributed by atoms with Crippen molar-refractivity contribution in [3.8, 4) is 0 Å². The highest BCUT2D eigenvalue weighted by Crippen LogP contribution is 2.28. The number of rotatable bonds is 2. The van der Waals surface area contributed by atoms with Crippen LogP contribution in [0.25, 0.3) is 0 Å². The van der Waals surface area contributed by atoms with Gasteiger partial charge in [-0.1, -0.05) is 54.1 Å². The minimum absolute atomic E-state index is 0.326. The maximum Gasteiger partial charge on any atom is 0.0770 e. The molecule has 0 aliphatic carbocycles. The molecule has 1 aliphatic heterocycles. The van der Waals surface area contributed by atoms with E-state index in [4.69, 9.17) is 11.6 Å². The van der Waals surface area contributed by atoms with E-state index in [0.717, 1.165) is 22.8 Å². The Bertz CT molecular complexity index is 605. The molecule has 0 aromatic heterocycles. The first-order valence-electron chi connectivity index (χ1n) is 6.84. The second kappa shape index (κ2) is 7.09. The van der Waals surface area contributed by atoms with Crippen molar-refractivity contribution in [2.24, 2.45) is 5.10 Å². The lowest BCUT2D eigenvalue weighted by Gasteiger charge is -2.13. The van der Waals surface area contributed by atoms with Crippen LogP contribution in [0.2, 0.25) is 5.02 Å². The number of hydrogen-bond acceptors (Lipinski definition) is 2. The molecule has 0 amide bonds. The second-order valence-corrected chi connectivity index (χ2v) is 5.23. The van der Waals surface area contributed by atoms with Gasteiger partial charge in [-0.15, -0.1) is 13.2 Å². The normalized spacial score (nSPS) is 17.0. The molecule has 0 radical (unpaired) electrons. The highest BCUT2D eigenvalue weighted by Gasteiger charge is 2.27. The lowest BCUT2D eigenvalue weighted by molar-refractivity contribution is 0.381. The Balaban J connectivity index is 0.000000774. The second-order valence-electron chi connectivity index (χ2n) is 4.80. The van der Waals surface area contributed by atoms with Crippen molar-refractivity contribution in [3.63, 3.8) is 0 Å². The molecule has 0 saturated carbocycles. The van der Waals surface area contributed by atoms with Gasteiger partial charge in [0.15, 0.2) is 0 Å². The molecule has 3 heteroatoms. The standard InChI is InChI=1S/C16H15ClN2.C2H4/c1-19-11-15(12-5-3-2-4-6-12)16(18-19)13-7-9-14(17)10-8-13;1-2/h2-10,15H,11H2,1H3;1-2H2. The first-order valence-corrected chi connectivity index (χ1v) is 7.22. The van der Waals surface area contributed by atoms with Crippen LogP contribution < -0.4 is 0 Å². The van der Waals surface area contributed by atoms with Gasteiger partial charge in [-0.25, -0.2) is 0 Å². The molecule has 2 aromatic carbocycles. The van der Waals surface area contributed by atoms with Crippen LogP contribution in [0.4, 0.5) is 0 Å². The molecule has 0 fully saturated rings. The molecule has 3 rings (SSSR count). The van der Waals surface area contributed by atoms with Crippen molar-refractivity contribution >= 4 is 17.3 Å². The molecule has 1 atom stereocenters. The Hall–Kier alpha value is -2.06. The van der Waals surface area contributed by atoms with E-state index in [1.807, 2.05) is 42.4 Å². The zero-order valence-corrected chi connectivity index (χ0v) is 12.9. The van der Waals surface area contributed by atoms with Crippen LogP contribution in [0, 0.1) is 0 Å². The summed E-state index contributed by atoms with van der Waals surface area (Å²) in [4.78, 5) is 0. The fourth-order valence-electron chi connectivity index (χ4n) is 2.47. The van der Waals surface area contributed by atoms with E-state index in [1.54, 1.807) is 0 Å². The van der Waals surface area contributed by atoms with E-state index in [9.17, 15) is 0 Å². The number of benzene rings is 2. The highest BCUT2D eigenvalue weighted by atomic mass is 35.5. The van der Waals surface area contributed by atoms with Gasteiger partial charge in [0.25, 0.3) is 0 Å². The van der Waals surface area contributed by atoms with Gasteiger partial charge in [-0.05, 0) is 23.3 Å².